The molecule has 17 heavy (non-hydrogen) atoms. The van der Waals surface area contributed by atoms with Crippen molar-refractivity contribution in [2.45, 2.75) is 16.6 Å². The predicted octanol–water partition coefficient (Wildman–Crippen LogP) is 2.95. The molecule has 1 aromatic rings. The Morgan fingerprint density at radius 3 is 2.88 bits per heavy atom. The van der Waals surface area contributed by atoms with E-state index in [1.165, 1.54) is 0 Å². The van der Waals surface area contributed by atoms with Crippen molar-refractivity contribution in [3.05, 3.63) is 23.2 Å². The number of anilines is 1. The fraction of sp³-hybridized carbons (Fsp3) is 0.273. The van der Waals surface area contributed by atoms with Crippen LogP contribution in [0.5, 0.6) is 0 Å². The lowest BCUT2D eigenvalue weighted by atomic mass is 10.3. The van der Waals surface area contributed by atoms with Gasteiger partial charge in [-0.3, -0.25) is 4.79 Å². The number of nitriles is 1. The van der Waals surface area contributed by atoms with E-state index in [0.29, 0.717) is 23.7 Å². The van der Waals surface area contributed by atoms with E-state index in [9.17, 15) is 4.79 Å². The molecule has 1 aromatic carbocycles. The number of carbonyl (C=O) groups is 1. The van der Waals surface area contributed by atoms with Crippen molar-refractivity contribution in [2.75, 3.05) is 11.4 Å². The van der Waals surface area contributed by atoms with E-state index < -0.39 is 0 Å². The first-order chi connectivity index (χ1) is 8.11. The zero-order chi connectivity index (χ0) is 12.4. The number of thiocyanates is 1. The lowest BCUT2D eigenvalue weighted by molar-refractivity contribution is -0.117. The van der Waals surface area contributed by atoms with Gasteiger partial charge in [0, 0.05) is 23.1 Å². The van der Waals surface area contributed by atoms with Crippen LogP contribution in [0.4, 0.5) is 5.69 Å². The second-order valence-electron chi connectivity index (χ2n) is 3.67. The molecule has 1 unspecified atom stereocenters. The van der Waals surface area contributed by atoms with Crippen molar-refractivity contribution < 1.29 is 4.79 Å². The SMILES string of the molecule is N#CSc1ccc(N2CC(S)CC2=O)c(Cl)c1. The van der Waals surface area contributed by atoms with Crippen molar-refractivity contribution in [2.24, 2.45) is 0 Å². The summed E-state index contributed by atoms with van der Waals surface area (Å²) in [5.74, 6) is 0.0348. The number of hydrogen-bond acceptors (Lipinski definition) is 4. The molecule has 0 saturated carbocycles. The summed E-state index contributed by atoms with van der Waals surface area (Å²) in [6.07, 6.45) is 0.439. The molecule has 1 amide bonds. The molecule has 1 fully saturated rings. The van der Waals surface area contributed by atoms with Crippen LogP contribution in [0.25, 0.3) is 0 Å². The maximum atomic E-state index is 11.7. The quantitative estimate of drug-likeness (QED) is 0.516. The number of thiol groups is 1. The van der Waals surface area contributed by atoms with Gasteiger partial charge in [0.05, 0.1) is 10.7 Å². The Kier molecular flexibility index (Phi) is 3.87. The third kappa shape index (κ3) is 2.71. The molecule has 0 radical (unpaired) electrons. The van der Waals surface area contributed by atoms with Crippen LogP contribution >= 0.6 is 36.0 Å². The molecule has 0 aliphatic carbocycles. The number of carbonyl (C=O) groups excluding carboxylic acids is 1. The van der Waals surface area contributed by atoms with Gasteiger partial charge in [-0.2, -0.15) is 17.9 Å². The standard InChI is InChI=1S/C11H9ClN2OS2/c12-9-4-8(17-6-13)1-2-10(9)14-5-7(16)3-11(14)15/h1-2,4,7,16H,3,5H2. The van der Waals surface area contributed by atoms with Gasteiger partial charge in [0.1, 0.15) is 5.40 Å². The minimum atomic E-state index is 0.0348. The molecule has 1 atom stereocenters. The number of amides is 1. The topological polar surface area (TPSA) is 44.1 Å². The van der Waals surface area contributed by atoms with E-state index in [-0.39, 0.29) is 11.2 Å². The van der Waals surface area contributed by atoms with Crippen LogP contribution in [0.2, 0.25) is 5.02 Å². The van der Waals surface area contributed by atoms with Gasteiger partial charge in [0.2, 0.25) is 5.91 Å². The highest BCUT2D eigenvalue weighted by molar-refractivity contribution is 8.03. The summed E-state index contributed by atoms with van der Waals surface area (Å²) in [5.41, 5.74) is 0.690. The summed E-state index contributed by atoms with van der Waals surface area (Å²) in [4.78, 5) is 14.1. The van der Waals surface area contributed by atoms with Crippen LogP contribution in [0.15, 0.2) is 23.1 Å². The van der Waals surface area contributed by atoms with Crippen LogP contribution in [0, 0.1) is 10.7 Å². The Morgan fingerprint density at radius 1 is 1.59 bits per heavy atom. The van der Waals surface area contributed by atoms with Gasteiger partial charge in [0.25, 0.3) is 0 Å². The van der Waals surface area contributed by atoms with Gasteiger partial charge in [-0.05, 0) is 30.0 Å². The van der Waals surface area contributed by atoms with Crippen LogP contribution in [0.1, 0.15) is 6.42 Å². The Bertz CT molecular complexity index is 501. The van der Waals surface area contributed by atoms with Crippen molar-refractivity contribution in [3.63, 3.8) is 0 Å². The van der Waals surface area contributed by atoms with E-state index >= 15 is 0 Å². The lowest BCUT2D eigenvalue weighted by Gasteiger charge is -2.17. The lowest BCUT2D eigenvalue weighted by Crippen LogP contribution is -2.24. The molecule has 1 saturated heterocycles. The number of hydrogen-bond donors (Lipinski definition) is 1. The van der Waals surface area contributed by atoms with Crippen molar-refractivity contribution in [1.29, 1.82) is 5.26 Å². The van der Waals surface area contributed by atoms with Crippen LogP contribution < -0.4 is 4.90 Å². The molecule has 1 heterocycles. The van der Waals surface area contributed by atoms with Crippen LogP contribution in [-0.2, 0) is 4.79 Å². The molecular weight excluding hydrogens is 276 g/mol. The zero-order valence-electron chi connectivity index (χ0n) is 8.76. The molecule has 0 bridgehead atoms. The molecule has 3 nitrogen and oxygen atoms in total. The van der Waals surface area contributed by atoms with E-state index in [1.54, 1.807) is 23.1 Å². The highest BCUT2D eigenvalue weighted by Gasteiger charge is 2.29. The molecule has 88 valence electrons. The van der Waals surface area contributed by atoms with Gasteiger partial charge < -0.3 is 4.90 Å². The summed E-state index contributed by atoms with van der Waals surface area (Å²) in [6, 6.07) is 5.25. The van der Waals surface area contributed by atoms with Gasteiger partial charge in [-0.15, -0.1) is 0 Å². The zero-order valence-corrected chi connectivity index (χ0v) is 11.2. The van der Waals surface area contributed by atoms with Crippen molar-refractivity contribution in [3.8, 4) is 5.40 Å². The largest absolute Gasteiger partial charge is 0.310 e. The summed E-state index contributed by atoms with van der Waals surface area (Å²) in [6.45, 7) is 0.576. The van der Waals surface area contributed by atoms with Crippen molar-refractivity contribution in [1.82, 2.24) is 0 Å². The first-order valence-electron chi connectivity index (χ1n) is 4.95. The number of nitrogens with zero attached hydrogens (tertiary/aromatic N) is 2. The maximum Gasteiger partial charge on any atom is 0.228 e. The Balaban J connectivity index is 2.28. The fourth-order valence-electron chi connectivity index (χ4n) is 1.74. The fourth-order valence-corrected chi connectivity index (χ4v) is 2.83. The smallest absolute Gasteiger partial charge is 0.228 e. The number of rotatable bonds is 2. The maximum absolute atomic E-state index is 11.7. The second kappa shape index (κ2) is 5.21. The van der Waals surface area contributed by atoms with Gasteiger partial charge in [-0.1, -0.05) is 11.6 Å². The number of benzene rings is 1. The van der Waals surface area contributed by atoms with E-state index in [4.69, 9.17) is 16.9 Å². The Hall–Kier alpha value is -0.830. The number of thioether (sulfide) groups is 1. The van der Waals surface area contributed by atoms with Crippen molar-refractivity contribution >= 4 is 47.6 Å². The van der Waals surface area contributed by atoms with E-state index in [0.717, 1.165) is 16.7 Å². The highest BCUT2D eigenvalue weighted by atomic mass is 35.5. The summed E-state index contributed by atoms with van der Waals surface area (Å²) < 4.78 is 0. The summed E-state index contributed by atoms with van der Waals surface area (Å²) >= 11 is 11.5. The van der Waals surface area contributed by atoms with Crippen LogP contribution in [-0.4, -0.2) is 17.7 Å². The predicted molar refractivity (Wildman–Crippen MR) is 72.7 cm³/mol. The average molecular weight is 285 g/mol. The third-order valence-corrected chi connectivity index (χ3v) is 3.71. The Labute approximate surface area is 114 Å². The summed E-state index contributed by atoms with van der Waals surface area (Å²) in [5, 5.41) is 11.1. The first-order valence-corrected chi connectivity index (χ1v) is 6.67. The second-order valence-corrected chi connectivity index (χ2v) is 5.66. The minimum Gasteiger partial charge on any atom is -0.310 e. The van der Waals surface area contributed by atoms with Gasteiger partial charge in [0.15, 0.2) is 0 Å². The molecule has 0 spiro atoms. The normalized spacial score (nSPS) is 19.5. The van der Waals surface area contributed by atoms with Crippen LogP contribution in [0.3, 0.4) is 0 Å². The molecule has 0 N–H and O–H groups in total. The molecule has 2 rings (SSSR count). The van der Waals surface area contributed by atoms with Gasteiger partial charge in [-0.25, -0.2) is 0 Å². The highest BCUT2D eigenvalue weighted by Crippen LogP contribution is 2.33. The summed E-state index contributed by atoms with van der Waals surface area (Å²) in [7, 11) is 0. The van der Waals surface area contributed by atoms with E-state index in [2.05, 4.69) is 12.6 Å². The first kappa shape index (κ1) is 12.6. The molecule has 1 aliphatic rings. The molecule has 6 heteroatoms. The Morgan fingerprint density at radius 2 is 2.35 bits per heavy atom. The molecular formula is C11H9ClN2OS2. The third-order valence-electron chi connectivity index (χ3n) is 2.48. The minimum absolute atomic E-state index is 0.0348. The van der Waals surface area contributed by atoms with E-state index in [1.807, 2.05) is 5.40 Å². The monoisotopic (exact) mass is 284 g/mol. The average Bonchev–Trinajstić information content (AvgIpc) is 2.58. The number of halogens is 1. The molecule has 0 aromatic heterocycles. The van der Waals surface area contributed by atoms with Gasteiger partial charge >= 0.3 is 0 Å². The molecule has 1 aliphatic heterocycles.